The van der Waals surface area contributed by atoms with E-state index >= 15 is 0 Å². The maximum Gasteiger partial charge on any atom is 0.325 e. The molecule has 498 valence electrons. The third-order valence-corrected chi connectivity index (χ3v) is 14.4. The molecule has 2 fully saturated rings. The Labute approximate surface area is 510 Å². The number of primary amides is 1. The lowest BCUT2D eigenvalue weighted by Crippen LogP contribution is -2.63. The van der Waals surface area contributed by atoms with Gasteiger partial charge in [-0.3, -0.25) is 67.3 Å². The fraction of sp³-hybridized carbons (Fsp3) is 0.741. The molecular formula is C54H95N17O17. The SMILES string of the molecule is CC(C)C[C@H](NC(=O)[C@@H](NC(=O)[C@H](CO)NC(=O)[C@H](CC(N)=O)NC(=O)[C@@H]1CCCN1C(=O)[C@@H]1CCCN1C(=O)[C@H](CC(C)C)NC(=O)[C@H](C)NC(=O)[C@@H](N)CCCCN)[C@@H](C)O)C(=O)N[C@@H](CO)C(=O)N[C@@H](CCCN=C(N)N)C(=O)N[C@@H](C)C(=O)O. The molecule has 0 spiro atoms. The van der Waals surface area contributed by atoms with Gasteiger partial charge in [0, 0.05) is 19.6 Å². The largest absolute Gasteiger partial charge is 0.480 e. The Morgan fingerprint density at radius 2 is 1.02 bits per heavy atom. The Balaban J connectivity index is 2.25. The van der Waals surface area contributed by atoms with Gasteiger partial charge in [-0.2, -0.15) is 0 Å². The van der Waals surface area contributed by atoms with Crippen LogP contribution in [0.5, 0.6) is 0 Å². The van der Waals surface area contributed by atoms with Gasteiger partial charge < -0.3 is 107 Å². The highest BCUT2D eigenvalue weighted by Gasteiger charge is 2.45. The number of rotatable bonds is 38. The Morgan fingerprint density at radius 1 is 0.534 bits per heavy atom. The topological polar surface area (TPSA) is 560 Å². The molecule has 34 nitrogen and oxygen atoms in total. The standard InChI is InChI=1S/C54H95N17O17/c1-26(2)21-33(45(79)67-36(24-72)47(81)63-32(14-10-18-60-54(58)59)44(78)62-29(6)53(87)88)65-50(84)41(30(7)74)69-48(82)37(25-73)68-46(80)34(23-40(57)75)64-49(83)38-15-11-19-70(38)52(86)39-16-12-20-71(39)51(85)35(22-27(3)4)66-42(76)28(5)61-43(77)31(56)13-8-9-17-55/h26-39,41,72-74H,8-25,55-56H2,1-7H3,(H2,57,75)(H,61,77)(H,62,78)(H,63,81)(H,64,83)(H,65,84)(H,66,76)(H,67,79)(H,68,80)(H,69,82)(H,87,88)(H4,58,59,60)/t28-,29-,30+,31-,32-,33-,34-,35-,36-,37-,38-,39-,41-/m0/s1. The van der Waals surface area contributed by atoms with Crippen LogP contribution in [0.4, 0.5) is 0 Å². The molecule has 13 atom stereocenters. The summed E-state index contributed by atoms with van der Waals surface area (Å²) >= 11 is 0. The van der Waals surface area contributed by atoms with Crippen LogP contribution in [-0.2, 0) is 62.3 Å². The van der Waals surface area contributed by atoms with Gasteiger partial charge in [0.2, 0.25) is 70.9 Å². The van der Waals surface area contributed by atoms with E-state index in [2.05, 4.69) is 52.8 Å². The molecule has 2 rings (SSSR count). The van der Waals surface area contributed by atoms with Crippen LogP contribution in [0.2, 0.25) is 0 Å². The third kappa shape index (κ3) is 25.1. The number of nitrogens with one attached hydrogen (secondary N) is 9. The fourth-order valence-corrected chi connectivity index (χ4v) is 9.65. The van der Waals surface area contributed by atoms with Crippen LogP contribution in [0.25, 0.3) is 0 Å². The zero-order valence-electron chi connectivity index (χ0n) is 51.2. The number of carboxylic acids is 1. The number of aliphatic imine (C=N–C) groups is 1. The number of carbonyl (C=O) groups excluding carboxylic acids is 12. The first kappa shape index (κ1) is 76.3. The lowest BCUT2D eigenvalue weighted by molar-refractivity contribution is -0.148. The van der Waals surface area contributed by atoms with Crippen molar-refractivity contribution in [2.75, 3.05) is 39.4 Å². The van der Waals surface area contributed by atoms with Crippen molar-refractivity contribution < 1.29 is 82.8 Å². The second-order valence-electron chi connectivity index (χ2n) is 22.9. The number of carboxylic acid groups (broad SMARTS) is 1. The first-order valence-electron chi connectivity index (χ1n) is 29.5. The number of aliphatic carboxylic acids is 1. The van der Waals surface area contributed by atoms with Crippen LogP contribution in [0.15, 0.2) is 4.99 Å². The Hall–Kier alpha value is -7.82. The minimum atomic E-state index is -1.94. The third-order valence-electron chi connectivity index (χ3n) is 14.4. The van der Waals surface area contributed by atoms with Gasteiger partial charge in [0.05, 0.1) is 31.8 Å². The number of carbonyl (C=O) groups is 13. The molecule has 88 heavy (non-hydrogen) atoms. The van der Waals surface area contributed by atoms with Gasteiger partial charge in [0.25, 0.3) is 0 Å². The lowest BCUT2D eigenvalue weighted by Gasteiger charge is -2.34. The van der Waals surface area contributed by atoms with Gasteiger partial charge in [-0.05, 0) is 103 Å². The second-order valence-corrected chi connectivity index (χ2v) is 22.9. The summed E-state index contributed by atoms with van der Waals surface area (Å²) in [6, 6.07) is -17.1. The molecule has 0 aliphatic carbocycles. The molecule has 2 heterocycles. The predicted molar refractivity (Wildman–Crippen MR) is 315 cm³/mol. The average Bonchev–Trinajstić information content (AvgIpc) is 2.82. The van der Waals surface area contributed by atoms with Crippen LogP contribution >= 0.6 is 0 Å². The summed E-state index contributed by atoms with van der Waals surface area (Å²) in [6.07, 6.45) is 0.0533. The van der Waals surface area contributed by atoms with E-state index in [9.17, 15) is 82.8 Å². The molecule has 0 aromatic carbocycles. The maximum absolute atomic E-state index is 14.4. The number of likely N-dealkylation sites (tertiary alicyclic amines) is 2. The number of nitrogens with two attached hydrogens (primary N) is 5. The summed E-state index contributed by atoms with van der Waals surface area (Å²) in [6.45, 7) is 9.13. The van der Waals surface area contributed by atoms with Gasteiger partial charge in [0.1, 0.15) is 66.5 Å². The predicted octanol–water partition coefficient (Wildman–Crippen LogP) is -7.70. The van der Waals surface area contributed by atoms with Crippen molar-refractivity contribution in [1.29, 1.82) is 0 Å². The number of unbranched alkanes of at least 4 members (excludes halogenated alkanes) is 1. The van der Waals surface area contributed by atoms with E-state index in [-0.39, 0.29) is 76.0 Å². The molecule has 12 amide bonds. The Kier molecular flexibility index (Phi) is 32.7. The molecule has 0 bridgehead atoms. The summed E-state index contributed by atoms with van der Waals surface area (Å²) in [5.41, 5.74) is 27.7. The van der Waals surface area contributed by atoms with E-state index in [1.54, 1.807) is 13.8 Å². The highest BCUT2D eigenvalue weighted by molar-refractivity contribution is 6.00. The van der Waals surface area contributed by atoms with Crippen LogP contribution in [-0.4, -0.2) is 231 Å². The maximum atomic E-state index is 14.4. The second kappa shape index (κ2) is 37.8. The molecule has 0 aromatic rings. The summed E-state index contributed by atoms with van der Waals surface area (Å²) in [5, 5.41) is 61.8. The molecule has 0 aromatic heterocycles. The summed E-state index contributed by atoms with van der Waals surface area (Å²) < 4.78 is 0. The van der Waals surface area contributed by atoms with Crippen molar-refractivity contribution >= 4 is 82.8 Å². The molecule has 0 unspecified atom stereocenters. The first-order valence-corrected chi connectivity index (χ1v) is 29.5. The zero-order chi connectivity index (χ0) is 66.7. The highest BCUT2D eigenvalue weighted by Crippen LogP contribution is 2.27. The molecule has 34 heteroatoms. The molecule has 0 saturated carbocycles. The van der Waals surface area contributed by atoms with E-state index in [4.69, 9.17) is 28.7 Å². The van der Waals surface area contributed by atoms with Crippen molar-refractivity contribution in [3.8, 4) is 0 Å². The van der Waals surface area contributed by atoms with Crippen molar-refractivity contribution in [1.82, 2.24) is 57.7 Å². The van der Waals surface area contributed by atoms with E-state index in [1.807, 2.05) is 13.8 Å². The number of amides is 12. The van der Waals surface area contributed by atoms with E-state index in [0.717, 1.165) is 6.92 Å². The van der Waals surface area contributed by atoms with Crippen molar-refractivity contribution in [2.45, 2.75) is 204 Å². The fourth-order valence-electron chi connectivity index (χ4n) is 9.65. The van der Waals surface area contributed by atoms with Crippen LogP contribution in [0.1, 0.15) is 126 Å². The van der Waals surface area contributed by atoms with Crippen molar-refractivity contribution in [3.05, 3.63) is 0 Å². The monoisotopic (exact) mass is 1250 g/mol. The van der Waals surface area contributed by atoms with Gasteiger partial charge in [-0.25, -0.2) is 0 Å². The molecule has 0 radical (unpaired) electrons. The van der Waals surface area contributed by atoms with Crippen LogP contribution in [0, 0.1) is 11.8 Å². The average molecular weight is 1250 g/mol. The minimum Gasteiger partial charge on any atom is -0.480 e. The van der Waals surface area contributed by atoms with Gasteiger partial charge >= 0.3 is 5.97 Å². The van der Waals surface area contributed by atoms with Crippen LogP contribution in [0.3, 0.4) is 0 Å². The van der Waals surface area contributed by atoms with E-state index in [0.29, 0.717) is 38.6 Å². The van der Waals surface area contributed by atoms with Gasteiger partial charge in [-0.1, -0.05) is 34.1 Å². The van der Waals surface area contributed by atoms with Crippen molar-refractivity contribution in [3.63, 3.8) is 0 Å². The van der Waals surface area contributed by atoms with Crippen molar-refractivity contribution in [2.24, 2.45) is 45.5 Å². The van der Waals surface area contributed by atoms with E-state index < -0.39 is 175 Å². The molecule has 2 aliphatic heterocycles. The van der Waals surface area contributed by atoms with E-state index in [1.165, 1.54) is 23.6 Å². The zero-order valence-corrected chi connectivity index (χ0v) is 51.2. The number of aliphatic hydroxyl groups excluding tert-OH is 3. The normalized spacial score (nSPS) is 18.5. The Morgan fingerprint density at radius 3 is 1.56 bits per heavy atom. The molecule has 2 saturated heterocycles. The number of aliphatic hydroxyl groups is 3. The Bertz CT molecular complexity index is 2460. The van der Waals surface area contributed by atoms with Gasteiger partial charge in [-0.15, -0.1) is 0 Å². The summed E-state index contributed by atoms with van der Waals surface area (Å²) in [4.78, 5) is 180. The first-order chi connectivity index (χ1) is 41.3. The summed E-state index contributed by atoms with van der Waals surface area (Å²) in [7, 11) is 0. The lowest BCUT2D eigenvalue weighted by atomic mass is 10.0. The minimum absolute atomic E-state index is 0.0142. The number of guanidine groups is 1. The highest BCUT2D eigenvalue weighted by atomic mass is 16.4. The molecular weight excluding hydrogens is 1160 g/mol. The number of nitrogens with zero attached hydrogens (tertiary/aromatic N) is 3. The van der Waals surface area contributed by atoms with Crippen LogP contribution < -0.4 is 76.5 Å². The molecule has 23 N–H and O–H groups in total. The molecule has 2 aliphatic rings. The number of hydrogen-bond acceptors (Lipinski definition) is 19. The smallest absolute Gasteiger partial charge is 0.325 e. The quantitative estimate of drug-likeness (QED) is 0.0155. The van der Waals surface area contributed by atoms with Gasteiger partial charge in [0.15, 0.2) is 5.96 Å². The number of hydrogen-bond donors (Lipinski definition) is 18. The summed E-state index contributed by atoms with van der Waals surface area (Å²) in [5.74, 6) is -13.3.